The molecule has 24 heavy (non-hydrogen) atoms. The van der Waals surface area contributed by atoms with Gasteiger partial charge in [-0.2, -0.15) is 0 Å². The van der Waals surface area contributed by atoms with Gasteiger partial charge in [-0.25, -0.2) is 4.79 Å². The second-order valence-electron chi connectivity index (χ2n) is 5.22. The molecule has 0 aliphatic carbocycles. The van der Waals surface area contributed by atoms with E-state index in [4.69, 9.17) is 10.5 Å². The van der Waals surface area contributed by atoms with Gasteiger partial charge in [0.05, 0.1) is 13.0 Å². The maximum atomic E-state index is 12.0. The second-order valence-corrected chi connectivity index (χ2v) is 5.22. The van der Waals surface area contributed by atoms with Crippen LogP contribution in [0.4, 0.5) is 10.5 Å². The third-order valence-corrected chi connectivity index (χ3v) is 3.31. The fraction of sp³-hybridized carbons (Fsp3) is 0.222. The summed E-state index contributed by atoms with van der Waals surface area (Å²) in [5, 5.41) is 5.35. The Bertz CT molecular complexity index is 682. The lowest BCUT2D eigenvalue weighted by atomic mass is 10.1. The molecule has 4 N–H and O–H groups in total. The first-order chi connectivity index (χ1) is 11.6. The molecule has 0 bridgehead atoms. The average molecular weight is 327 g/mol. The molecular formula is C18H21N3O3. The molecular weight excluding hydrogens is 306 g/mol. The quantitative estimate of drug-likeness (QED) is 0.729. The maximum Gasteiger partial charge on any atom is 0.316 e. The van der Waals surface area contributed by atoms with Crippen LogP contribution in [0.1, 0.15) is 18.1 Å². The number of benzene rings is 2. The van der Waals surface area contributed by atoms with Crippen molar-refractivity contribution in [3.63, 3.8) is 0 Å². The van der Waals surface area contributed by atoms with Gasteiger partial charge in [-0.05, 0) is 42.3 Å². The van der Waals surface area contributed by atoms with Gasteiger partial charge in [-0.3, -0.25) is 4.79 Å². The molecule has 2 rings (SSSR count). The van der Waals surface area contributed by atoms with Crippen molar-refractivity contribution in [3.8, 4) is 5.75 Å². The Morgan fingerprint density at radius 2 is 1.62 bits per heavy atom. The summed E-state index contributed by atoms with van der Waals surface area (Å²) in [7, 11) is 0. The number of primary amides is 1. The van der Waals surface area contributed by atoms with E-state index in [0.717, 1.165) is 16.9 Å². The first-order valence-corrected chi connectivity index (χ1v) is 7.70. The number of nitrogens with two attached hydrogens (primary N) is 1. The van der Waals surface area contributed by atoms with Gasteiger partial charge in [0, 0.05) is 12.2 Å². The molecule has 0 radical (unpaired) electrons. The zero-order valence-corrected chi connectivity index (χ0v) is 13.5. The van der Waals surface area contributed by atoms with Crippen LogP contribution in [0.15, 0.2) is 48.5 Å². The Kier molecular flexibility index (Phi) is 6.19. The average Bonchev–Trinajstić information content (AvgIpc) is 2.56. The molecule has 0 heterocycles. The molecule has 0 fully saturated rings. The van der Waals surface area contributed by atoms with Crippen LogP contribution in [-0.2, 0) is 17.8 Å². The number of urea groups is 1. The van der Waals surface area contributed by atoms with Gasteiger partial charge in [0.15, 0.2) is 0 Å². The molecule has 0 aliphatic rings. The lowest BCUT2D eigenvalue weighted by Crippen LogP contribution is -2.24. The van der Waals surface area contributed by atoms with E-state index in [1.807, 2.05) is 43.3 Å². The molecule has 0 aliphatic heterocycles. The van der Waals surface area contributed by atoms with Gasteiger partial charge in [0.25, 0.3) is 0 Å². The molecule has 2 aromatic carbocycles. The number of hydrogen-bond donors (Lipinski definition) is 3. The smallest absolute Gasteiger partial charge is 0.316 e. The van der Waals surface area contributed by atoms with Crippen molar-refractivity contribution < 1.29 is 14.3 Å². The van der Waals surface area contributed by atoms with E-state index in [0.29, 0.717) is 25.3 Å². The topological polar surface area (TPSA) is 93.4 Å². The van der Waals surface area contributed by atoms with Crippen molar-refractivity contribution in [3.05, 3.63) is 59.7 Å². The van der Waals surface area contributed by atoms with E-state index in [1.54, 1.807) is 12.1 Å². The normalized spacial score (nSPS) is 10.0. The highest BCUT2D eigenvalue weighted by atomic mass is 16.5. The molecule has 126 valence electrons. The predicted octanol–water partition coefficient (Wildman–Crippen LogP) is 2.43. The Balaban J connectivity index is 1.81. The maximum absolute atomic E-state index is 12.0. The fourth-order valence-electron chi connectivity index (χ4n) is 2.17. The van der Waals surface area contributed by atoms with Crippen LogP contribution in [0.2, 0.25) is 0 Å². The van der Waals surface area contributed by atoms with E-state index in [2.05, 4.69) is 10.6 Å². The number of nitrogens with one attached hydrogen (secondary N) is 2. The molecule has 0 unspecified atom stereocenters. The molecule has 0 saturated heterocycles. The van der Waals surface area contributed by atoms with Crippen molar-refractivity contribution in [2.75, 3.05) is 11.9 Å². The standard InChI is InChI=1S/C18H21N3O3/c1-2-24-16-9-5-13(6-10-16)11-17(22)20-12-14-3-7-15(8-4-14)21-18(19)23/h3-10H,2,11-12H2,1H3,(H,20,22)(H3,19,21,23). The number of rotatable bonds is 7. The molecule has 2 aromatic rings. The van der Waals surface area contributed by atoms with Gasteiger partial charge in [0.1, 0.15) is 5.75 Å². The molecule has 6 nitrogen and oxygen atoms in total. The third-order valence-electron chi connectivity index (χ3n) is 3.31. The van der Waals surface area contributed by atoms with Crippen molar-refractivity contribution in [1.82, 2.24) is 5.32 Å². The van der Waals surface area contributed by atoms with E-state index < -0.39 is 6.03 Å². The van der Waals surface area contributed by atoms with Crippen LogP contribution >= 0.6 is 0 Å². The largest absolute Gasteiger partial charge is 0.494 e. The van der Waals surface area contributed by atoms with Crippen molar-refractivity contribution >= 4 is 17.6 Å². The SMILES string of the molecule is CCOc1ccc(CC(=O)NCc2ccc(NC(N)=O)cc2)cc1. The highest BCUT2D eigenvalue weighted by Gasteiger charge is 2.04. The molecule has 0 aromatic heterocycles. The number of ether oxygens (including phenoxy) is 1. The summed E-state index contributed by atoms with van der Waals surface area (Å²) in [5.74, 6) is 0.741. The summed E-state index contributed by atoms with van der Waals surface area (Å²) in [6, 6.07) is 14.0. The summed E-state index contributed by atoms with van der Waals surface area (Å²) in [5.41, 5.74) is 7.53. The summed E-state index contributed by atoms with van der Waals surface area (Å²) in [6.07, 6.45) is 0.313. The number of hydrogen-bond acceptors (Lipinski definition) is 3. The molecule has 0 saturated carbocycles. The number of carbonyl (C=O) groups excluding carboxylic acids is 2. The molecule has 6 heteroatoms. The lowest BCUT2D eigenvalue weighted by molar-refractivity contribution is -0.120. The summed E-state index contributed by atoms with van der Waals surface area (Å²) >= 11 is 0. The third kappa shape index (κ3) is 5.64. The minimum Gasteiger partial charge on any atom is -0.494 e. The van der Waals surface area contributed by atoms with Gasteiger partial charge in [0.2, 0.25) is 5.91 Å². The lowest BCUT2D eigenvalue weighted by Gasteiger charge is -2.08. The highest BCUT2D eigenvalue weighted by Crippen LogP contribution is 2.13. The monoisotopic (exact) mass is 327 g/mol. The Morgan fingerprint density at radius 3 is 2.21 bits per heavy atom. The summed E-state index contributed by atoms with van der Waals surface area (Å²) < 4.78 is 5.37. The van der Waals surface area contributed by atoms with Gasteiger partial charge in [-0.15, -0.1) is 0 Å². The predicted molar refractivity (Wildman–Crippen MR) is 92.8 cm³/mol. The second kappa shape index (κ2) is 8.57. The van der Waals surface area contributed by atoms with Gasteiger partial charge >= 0.3 is 6.03 Å². The number of amides is 3. The van der Waals surface area contributed by atoms with Crippen LogP contribution in [0, 0.1) is 0 Å². The van der Waals surface area contributed by atoms with Crippen molar-refractivity contribution in [1.29, 1.82) is 0 Å². The van der Waals surface area contributed by atoms with E-state index in [1.165, 1.54) is 0 Å². The Labute approximate surface area is 141 Å². The van der Waals surface area contributed by atoms with E-state index in [-0.39, 0.29) is 5.91 Å². The molecule has 3 amide bonds. The Morgan fingerprint density at radius 1 is 1.00 bits per heavy atom. The number of anilines is 1. The van der Waals surface area contributed by atoms with Crippen LogP contribution < -0.4 is 21.1 Å². The number of carbonyl (C=O) groups is 2. The first kappa shape index (κ1) is 17.3. The first-order valence-electron chi connectivity index (χ1n) is 7.70. The van der Waals surface area contributed by atoms with Crippen LogP contribution in [0.25, 0.3) is 0 Å². The minimum absolute atomic E-state index is 0.0569. The van der Waals surface area contributed by atoms with E-state index in [9.17, 15) is 9.59 Å². The fourth-order valence-corrected chi connectivity index (χ4v) is 2.17. The van der Waals surface area contributed by atoms with Gasteiger partial charge < -0.3 is 21.1 Å². The van der Waals surface area contributed by atoms with Gasteiger partial charge in [-0.1, -0.05) is 24.3 Å². The zero-order chi connectivity index (χ0) is 17.4. The minimum atomic E-state index is -0.605. The van der Waals surface area contributed by atoms with Crippen LogP contribution in [0.5, 0.6) is 5.75 Å². The van der Waals surface area contributed by atoms with Crippen molar-refractivity contribution in [2.24, 2.45) is 5.73 Å². The molecule has 0 atom stereocenters. The molecule has 0 spiro atoms. The van der Waals surface area contributed by atoms with E-state index >= 15 is 0 Å². The van der Waals surface area contributed by atoms with Crippen LogP contribution in [-0.4, -0.2) is 18.5 Å². The van der Waals surface area contributed by atoms with Crippen LogP contribution in [0.3, 0.4) is 0 Å². The summed E-state index contributed by atoms with van der Waals surface area (Å²) in [6.45, 7) is 2.97. The Hall–Kier alpha value is -3.02. The van der Waals surface area contributed by atoms with Crippen molar-refractivity contribution in [2.45, 2.75) is 19.9 Å². The summed E-state index contributed by atoms with van der Waals surface area (Å²) in [4.78, 5) is 22.7. The zero-order valence-electron chi connectivity index (χ0n) is 13.5. The highest BCUT2D eigenvalue weighted by molar-refractivity contribution is 5.87.